The smallest absolute Gasteiger partial charge is 0.133 e. The van der Waals surface area contributed by atoms with Gasteiger partial charge in [0, 0.05) is 192 Å². The van der Waals surface area contributed by atoms with Gasteiger partial charge in [-0.2, -0.15) is 0 Å². The van der Waals surface area contributed by atoms with Crippen LogP contribution >= 0.6 is 0 Å². The summed E-state index contributed by atoms with van der Waals surface area (Å²) in [6, 6.07) is 0. The van der Waals surface area contributed by atoms with Crippen LogP contribution in [0.1, 0.15) is 368 Å². The molecular weight excluding hydrogens is 1460 g/mol. The van der Waals surface area contributed by atoms with E-state index in [-0.39, 0.29) is 31.7 Å². The summed E-state index contributed by atoms with van der Waals surface area (Å²) < 4.78 is 0. The van der Waals surface area contributed by atoms with E-state index in [1.54, 1.807) is 11.1 Å². The van der Waals surface area contributed by atoms with E-state index in [4.69, 9.17) is 108 Å². The van der Waals surface area contributed by atoms with Gasteiger partial charge in [-0.1, -0.05) is 86.1 Å². The summed E-state index contributed by atoms with van der Waals surface area (Å²) in [4.78, 5) is 24.3. The van der Waals surface area contributed by atoms with Crippen LogP contribution in [0.3, 0.4) is 0 Å². The summed E-state index contributed by atoms with van der Waals surface area (Å²) in [5, 5.41) is 42.4. The lowest BCUT2D eigenvalue weighted by atomic mass is 8.64. The second kappa shape index (κ2) is 42.4. The summed E-state index contributed by atoms with van der Waals surface area (Å²) in [5.74, 6) is 15.4. The number of rotatable bonds is 13. The fourth-order valence-electron chi connectivity index (χ4n) is 34.4. The van der Waals surface area contributed by atoms with Crippen molar-refractivity contribution in [1.29, 1.82) is 0 Å². The fourth-order valence-corrected chi connectivity index (χ4v) is 34.4. The third kappa shape index (κ3) is 20.9. The van der Waals surface area contributed by atoms with Crippen molar-refractivity contribution in [2.45, 2.75) is 391 Å². The third-order valence-corrected chi connectivity index (χ3v) is 41.0. The number of hydrogen-bond donors (Lipinski definition) is 4. The number of allylic oxidation sites excluding steroid dienone is 4. The van der Waals surface area contributed by atoms with Crippen LogP contribution in [0.4, 0.5) is 0 Å². The highest BCUT2D eigenvalue weighted by molar-refractivity contribution is 7.94. The van der Waals surface area contributed by atoms with Gasteiger partial charge in [-0.15, -0.1) is 0 Å². The Morgan fingerprint density at radius 3 is 1.08 bits per heavy atom. The second-order valence-electron chi connectivity index (χ2n) is 46.2. The third-order valence-electron chi connectivity index (χ3n) is 41.0. The molecule has 30 radical (unpaired) electrons. The van der Waals surface area contributed by atoms with Crippen LogP contribution < -0.4 is 0 Å². The summed E-state index contributed by atoms with van der Waals surface area (Å²) in [7, 11) is 74.8. The molecule has 122 heavy (non-hydrogen) atoms. The lowest BCUT2D eigenvalue weighted by Gasteiger charge is -2.63. The quantitative estimate of drug-likeness (QED) is 0.108. The Kier molecular flexibility index (Phi) is 36.8. The molecule has 0 aromatic carbocycles. The molecule has 16 rings (SSSR count). The van der Waals surface area contributed by atoms with E-state index < -0.39 is 55.1 Å². The molecule has 16 saturated carbocycles. The van der Waals surface area contributed by atoms with Crippen molar-refractivity contribution in [2.75, 3.05) is 0 Å². The average Bonchev–Trinajstić information content (AvgIpc) is 1.37. The molecule has 0 heterocycles. The molecule has 4 N–H and O–H groups in total. The number of ketones is 2. The normalized spacial score (nSPS) is 45.1. The number of carbonyl (C=O) groups excluding carboxylic acids is 2. The number of fused-ring (bicyclic) bond motifs is 20. The van der Waals surface area contributed by atoms with Crippen LogP contribution in [0.2, 0.25) is 0 Å². The minimum absolute atomic E-state index is 0. The average molecular weight is 1620 g/mol. The Bertz CT molecular complexity index is 3430. The number of aliphatic hydroxyl groups excluding tert-OH is 1. The first-order valence-electron chi connectivity index (χ1n) is 50.1. The van der Waals surface area contributed by atoms with Crippen molar-refractivity contribution >= 4 is 185 Å². The minimum atomic E-state index is -0.630. The van der Waals surface area contributed by atoms with Gasteiger partial charge in [0.05, 0.1) is 22.9 Å². The maximum Gasteiger partial charge on any atom is 0.133 e. The van der Waals surface area contributed by atoms with Gasteiger partial charge in [-0.25, -0.2) is 0 Å². The van der Waals surface area contributed by atoms with Gasteiger partial charge >= 0.3 is 0 Å². The lowest BCUT2D eigenvalue weighted by molar-refractivity contribution is -0.158. The summed E-state index contributed by atoms with van der Waals surface area (Å²) in [6.07, 6.45) is 51.1. The Morgan fingerprint density at radius 2 is 0.770 bits per heavy atom. The van der Waals surface area contributed by atoms with Gasteiger partial charge in [0.25, 0.3) is 0 Å². The molecule has 16 aliphatic rings. The highest BCUT2D eigenvalue weighted by Gasteiger charge is 2.67. The van der Waals surface area contributed by atoms with Crippen molar-refractivity contribution in [3.8, 4) is 0 Å². The number of carbonyl (C=O) groups is 2. The Balaban J connectivity index is 0.000000169. The van der Waals surface area contributed by atoms with Gasteiger partial charge in [-0.05, 0) is 436 Å². The van der Waals surface area contributed by atoms with Crippen molar-refractivity contribution < 1.29 is 30.0 Å². The van der Waals surface area contributed by atoms with Gasteiger partial charge in [0.1, 0.15) is 11.6 Å². The zero-order chi connectivity index (χ0) is 89.5. The second-order valence-corrected chi connectivity index (χ2v) is 46.2. The minimum Gasteiger partial charge on any atom is -0.393 e. The zero-order valence-electron chi connectivity index (χ0n) is 79.4. The van der Waals surface area contributed by atoms with Crippen LogP contribution in [0.25, 0.3) is 0 Å². The van der Waals surface area contributed by atoms with Gasteiger partial charge in [0.2, 0.25) is 0 Å². The number of Topliss-reactive ketones (excluding diaryl/α,β-unsaturated/α-hetero) is 2. The molecule has 16 aliphatic carbocycles. The molecule has 0 saturated heterocycles. The first-order chi connectivity index (χ1) is 56.7. The summed E-state index contributed by atoms with van der Waals surface area (Å²) in [5.41, 5.74) is 5.95. The molecule has 6 nitrogen and oxygen atoms in total. The zero-order valence-corrected chi connectivity index (χ0v) is 79.4. The van der Waals surface area contributed by atoms with Crippen molar-refractivity contribution in [3.05, 3.63) is 23.3 Å². The molecule has 30 atom stereocenters. The molecule has 0 bridgehead atoms. The largest absolute Gasteiger partial charge is 0.393 e. The van der Waals surface area contributed by atoms with Crippen molar-refractivity contribution in [3.63, 3.8) is 0 Å². The molecule has 0 aromatic heterocycles. The van der Waals surface area contributed by atoms with E-state index in [9.17, 15) is 30.0 Å². The predicted molar refractivity (Wildman–Crippen MR) is 544 cm³/mol. The van der Waals surface area contributed by atoms with Gasteiger partial charge < -0.3 is 20.4 Å². The standard InChI is InChI=1S/C23H40O2.C23H38O2.C23H38O.C22H34O.CH4.B9.B8.B7/c2*1-5-23-13-12-21(3,25)14-16(23)6-7-17-19-9-8-18(15(2)24)22(19,4)11-10-20(17)23;1-5-16-8-10-19-18-9-7-17-15-21(3,24)13-14-23(17,6-2)20(18)11-12-22(16,19)4;1-4-15-7-9-19-18-8-6-16-14-17(23)10-13-22(16,5-2)20(18)11-12-21(15,19)3;;1-6-9(7(2)3)8(4)5;1-6(2)8(5)7(3)4;1-5-7(4)6(2)3/h15-20,24-25H,5-14H2,1-4H3;16-20,25H,5-14H2,1-4H3;5,17-20,24H,6-15H2,1-4H3;4,16,18-20H,5-14H2,1-3H3;1H4;;;/t15?,16-,17+,18-,19+,20+,21?,22-,23+;16-,17+,18-,19+,20+,21-,22-,23+;17-,18+,19+,20+,21?,22-,23+;16-,18+,19+,20+,21-,22+;;;;/m1111..../s1. The van der Waals surface area contributed by atoms with E-state index in [0.717, 1.165) is 147 Å². The highest BCUT2D eigenvalue weighted by atomic mass is 16.3. The van der Waals surface area contributed by atoms with Gasteiger partial charge in [-0.3, -0.25) is 9.59 Å². The molecule has 16 fully saturated rings. The summed E-state index contributed by atoms with van der Waals surface area (Å²) in [6.45, 7) is 34.4. The SMILES string of the molecule is C.CC=C1CC[C@H]2[C@@H]3CC[C@@H]4CC(=O)CC[C@]4(CC)[C@H]3CC[C@]12C.CC=C1CC[C@H]2[C@@H]3CC[C@@H]4CC(C)(O)CC[C@]4(CC)[C@H]3CC[C@]12C.CC[C@]12CCC(C)(O)C[C@H]1CC[C@H]1[C@@H]3CC[C@H](C(C)O)[C@@]3(C)CC[C@@H]12.CC[C@]12CC[C@@](C)(O)C[C@H]1CC[C@H]1[C@@H]3CC[C@H](C(C)=O)[C@@]3(C)CC[C@@H]12.[B]B([B])B([B])B([B])[B].[B][B]B(B([B])[B])B([B])[B].[B][B]B([B])B([B])[B]. The van der Waals surface area contributed by atoms with Crippen LogP contribution in [0.5, 0.6) is 0 Å². The van der Waals surface area contributed by atoms with E-state index in [2.05, 4.69) is 102 Å². The first-order valence-corrected chi connectivity index (χ1v) is 50.1. The van der Waals surface area contributed by atoms with Crippen LogP contribution in [-0.4, -0.2) is 228 Å². The number of hydrogen-bond acceptors (Lipinski definition) is 6. The van der Waals surface area contributed by atoms with E-state index in [1.165, 1.54) is 213 Å². The molecule has 0 spiro atoms. The van der Waals surface area contributed by atoms with Crippen LogP contribution in [0.15, 0.2) is 23.3 Å². The number of aliphatic hydroxyl groups is 4. The van der Waals surface area contributed by atoms with E-state index >= 15 is 0 Å². The molecule has 0 aliphatic heterocycles. The molecule has 3 unspecified atom stereocenters. The first kappa shape index (κ1) is 106. The molecule has 30 heteroatoms. The van der Waals surface area contributed by atoms with Gasteiger partial charge in [0.15, 0.2) is 0 Å². The molecule has 630 valence electrons. The van der Waals surface area contributed by atoms with Crippen molar-refractivity contribution in [2.24, 2.45) is 150 Å². The van der Waals surface area contributed by atoms with Crippen LogP contribution in [0, 0.1) is 150 Å². The van der Waals surface area contributed by atoms with Crippen molar-refractivity contribution in [1.82, 2.24) is 0 Å². The Hall–Kier alpha value is 0.218. The molecule has 0 amide bonds. The lowest BCUT2D eigenvalue weighted by Crippen LogP contribution is -2.56. The highest BCUT2D eigenvalue weighted by Crippen LogP contribution is 2.74. The Morgan fingerprint density at radius 1 is 0.418 bits per heavy atom. The predicted octanol–water partition coefficient (Wildman–Crippen LogP) is 14.1. The monoisotopic (exact) mass is 1620 g/mol. The Labute approximate surface area is 773 Å². The van der Waals surface area contributed by atoms with E-state index in [1.807, 2.05) is 13.8 Å². The topological polar surface area (TPSA) is 115 Å². The summed E-state index contributed by atoms with van der Waals surface area (Å²) >= 11 is 0. The maximum absolute atomic E-state index is 12.3. The molecule has 0 aromatic rings. The fraction of sp³-hybridized carbons (Fsp3) is 0.935. The van der Waals surface area contributed by atoms with E-state index in [0.29, 0.717) is 67.2 Å². The van der Waals surface area contributed by atoms with Crippen LogP contribution in [-0.2, 0) is 9.59 Å². The maximum atomic E-state index is 12.3. The molecular formula is C92H154B24O6.